The molecule has 0 saturated carbocycles. The molecule has 6 nitrogen and oxygen atoms in total. The SMILES string of the molecule is O=C(O)CCNC[c-]1cccc1.O=C(O)CCNC[c-]1cccc1.[Fe+2]. The van der Waals surface area contributed by atoms with E-state index in [0.717, 1.165) is 13.1 Å². The van der Waals surface area contributed by atoms with Crippen LogP contribution >= 0.6 is 0 Å². The van der Waals surface area contributed by atoms with E-state index in [0.29, 0.717) is 13.1 Å². The number of hydrogen-bond donors (Lipinski definition) is 4. The van der Waals surface area contributed by atoms with Crippen LogP contribution in [0, 0.1) is 0 Å². The molecule has 0 aliphatic carbocycles. The summed E-state index contributed by atoms with van der Waals surface area (Å²) >= 11 is 0. The molecule has 0 atom stereocenters. The van der Waals surface area contributed by atoms with Crippen LogP contribution in [0.1, 0.15) is 24.0 Å². The van der Waals surface area contributed by atoms with Crippen LogP contribution in [0.2, 0.25) is 0 Å². The van der Waals surface area contributed by atoms with Crippen LogP contribution in [0.4, 0.5) is 0 Å². The summed E-state index contributed by atoms with van der Waals surface area (Å²) in [6.45, 7) is 2.56. The topological polar surface area (TPSA) is 98.7 Å². The second-order valence-electron chi connectivity index (χ2n) is 5.23. The number of aliphatic carboxylic acids is 2. The zero-order chi connectivity index (χ0) is 17.6. The molecule has 0 amide bonds. The van der Waals surface area contributed by atoms with Crippen molar-refractivity contribution in [2.75, 3.05) is 13.1 Å². The minimum atomic E-state index is -0.759. The molecule has 2 aromatic carbocycles. The van der Waals surface area contributed by atoms with E-state index >= 15 is 0 Å². The molecule has 0 fully saturated rings. The smallest absolute Gasteiger partial charge is 0.481 e. The van der Waals surface area contributed by atoms with Gasteiger partial charge in [-0.2, -0.15) is 24.3 Å². The maximum Gasteiger partial charge on any atom is 2.00 e. The number of carbonyl (C=O) groups is 2. The monoisotopic (exact) mass is 388 g/mol. The van der Waals surface area contributed by atoms with Gasteiger partial charge in [0.15, 0.2) is 0 Å². The zero-order valence-electron chi connectivity index (χ0n) is 13.9. The van der Waals surface area contributed by atoms with Gasteiger partial charge < -0.3 is 20.8 Å². The van der Waals surface area contributed by atoms with Gasteiger partial charge in [0.2, 0.25) is 0 Å². The normalized spacial score (nSPS) is 9.60. The van der Waals surface area contributed by atoms with Crippen LogP contribution in [0.5, 0.6) is 0 Å². The van der Waals surface area contributed by atoms with Crippen LogP contribution in [0.25, 0.3) is 0 Å². The van der Waals surface area contributed by atoms with Crippen molar-refractivity contribution in [3.05, 3.63) is 59.7 Å². The summed E-state index contributed by atoms with van der Waals surface area (Å²) in [7, 11) is 0. The first kappa shape index (κ1) is 23.1. The van der Waals surface area contributed by atoms with E-state index in [1.165, 1.54) is 11.1 Å². The number of rotatable bonds is 10. The third-order valence-corrected chi connectivity index (χ3v) is 3.15. The summed E-state index contributed by atoms with van der Waals surface area (Å²) in [5, 5.41) is 22.7. The molecular weight excluding hydrogens is 364 g/mol. The number of hydrogen-bond acceptors (Lipinski definition) is 4. The van der Waals surface area contributed by atoms with Crippen LogP contribution in [0.15, 0.2) is 48.5 Å². The van der Waals surface area contributed by atoms with E-state index in [-0.39, 0.29) is 29.9 Å². The van der Waals surface area contributed by atoms with Crippen molar-refractivity contribution in [2.45, 2.75) is 25.9 Å². The van der Waals surface area contributed by atoms with Crippen molar-refractivity contribution >= 4 is 11.9 Å². The van der Waals surface area contributed by atoms with Gasteiger partial charge in [-0.05, 0) is 13.1 Å². The Bertz CT molecular complexity index is 516. The van der Waals surface area contributed by atoms with E-state index < -0.39 is 11.9 Å². The summed E-state index contributed by atoms with van der Waals surface area (Å²) < 4.78 is 0. The molecule has 4 N–H and O–H groups in total. The molecule has 25 heavy (non-hydrogen) atoms. The minimum absolute atomic E-state index is 0. The molecule has 0 aromatic heterocycles. The maximum absolute atomic E-state index is 10.1. The van der Waals surface area contributed by atoms with Gasteiger partial charge in [0.05, 0.1) is 12.8 Å². The summed E-state index contributed by atoms with van der Waals surface area (Å²) in [4.78, 5) is 20.2. The van der Waals surface area contributed by atoms with Crippen molar-refractivity contribution in [1.29, 1.82) is 0 Å². The Morgan fingerprint density at radius 3 is 1.32 bits per heavy atom. The van der Waals surface area contributed by atoms with Gasteiger partial charge in [-0.25, -0.2) is 24.3 Å². The quantitative estimate of drug-likeness (QED) is 0.282. The molecular formula is C18H24FeN2O4. The zero-order valence-corrected chi connectivity index (χ0v) is 15.0. The number of nitrogens with one attached hydrogen (secondary N) is 2. The molecule has 0 unspecified atom stereocenters. The molecule has 7 heteroatoms. The molecule has 138 valence electrons. The average molecular weight is 388 g/mol. The fraction of sp³-hybridized carbons (Fsp3) is 0.333. The van der Waals surface area contributed by atoms with Gasteiger partial charge in [-0.15, -0.1) is 11.1 Å². The Labute approximate surface area is 158 Å². The average Bonchev–Trinajstić information content (AvgIpc) is 3.22. The molecule has 2 rings (SSSR count). The van der Waals surface area contributed by atoms with Crippen molar-refractivity contribution in [2.24, 2.45) is 0 Å². The Morgan fingerprint density at radius 2 is 1.04 bits per heavy atom. The molecule has 0 saturated heterocycles. The largest absolute Gasteiger partial charge is 2.00 e. The van der Waals surface area contributed by atoms with Gasteiger partial charge in [-0.1, -0.05) is 0 Å². The van der Waals surface area contributed by atoms with Crippen LogP contribution in [-0.4, -0.2) is 35.2 Å². The fourth-order valence-electron chi connectivity index (χ4n) is 1.92. The molecule has 0 heterocycles. The Kier molecular flexibility index (Phi) is 13.3. The second kappa shape index (κ2) is 14.4. The van der Waals surface area contributed by atoms with Crippen molar-refractivity contribution in [3.63, 3.8) is 0 Å². The molecule has 0 aliphatic heterocycles. The Morgan fingerprint density at radius 1 is 0.720 bits per heavy atom. The van der Waals surface area contributed by atoms with Gasteiger partial charge in [0, 0.05) is 13.1 Å². The van der Waals surface area contributed by atoms with Crippen molar-refractivity contribution < 1.29 is 36.9 Å². The van der Waals surface area contributed by atoms with Crippen LogP contribution in [-0.2, 0) is 39.7 Å². The predicted molar refractivity (Wildman–Crippen MR) is 92.0 cm³/mol. The summed E-state index contributed by atoms with van der Waals surface area (Å²) in [6.07, 6.45) is 0.363. The van der Waals surface area contributed by atoms with Crippen LogP contribution < -0.4 is 10.6 Å². The van der Waals surface area contributed by atoms with E-state index in [4.69, 9.17) is 10.2 Å². The summed E-state index contributed by atoms with van der Waals surface area (Å²) in [6, 6.07) is 15.9. The number of carboxylic acid groups (broad SMARTS) is 2. The predicted octanol–water partition coefficient (Wildman–Crippen LogP) is 1.94. The molecule has 0 aliphatic rings. The van der Waals surface area contributed by atoms with Crippen molar-refractivity contribution in [1.82, 2.24) is 10.6 Å². The van der Waals surface area contributed by atoms with Crippen LogP contribution in [0.3, 0.4) is 0 Å². The molecule has 0 spiro atoms. The number of carboxylic acids is 2. The Hall–Kier alpha value is -1.92. The van der Waals surface area contributed by atoms with Crippen molar-refractivity contribution in [3.8, 4) is 0 Å². The first-order valence-corrected chi connectivity index (χ1v) is 7.84. The second-order valence-corrected chi connectivity index (χ2v) is 5.23. The molecule has 0 bridgehead atoms. The van der Waals surface area contributed by atoms with E-state index in [2.05, 4.69) is 10.6 Å². The van der Waals surface area contributed by atoms with Gasteiger partial charge in [-0.3, -0.25) is 9.59 Å². The first-order valence-electron chi connectivity index (χ1n) is 7.84. The molecule has 0 radical (unpaired) electrons. The third-order valence-electron chi connectivity index (χ3n) is 3.15. The standard InChI is InChI=1S/2C9H12NO2.Fe/c2*11-9(12)5-6-10-7-8-3-1-2-4-8;/h2*1-4,10H,5-7H2,(H,11,12);/q2*-1;+2. The van der Waals surface area contributed by atoms with Gasteiger partial charge >= 0.3 is 29.0 Å². The van der Waals surface area contributed by atoms with E-state index in [1.807, 2.05) is 48.5 Å². The van der Waals surface area contributed by atoms with Gasteiger partial charge in [0.1, 0.15) is 0 Å². The Balaban J connectivity index is 0.000000443. The molecule has 2 aromatic rings. The first-order chi connectivity index (χ1) is 11.6. The maximum atomic E-state index is 10.1. The van der Waals surface area contributed by atoms with E-state index in [1.54, 1.807) is 0 Å². The fourth-order valence-corrected chi connectivity index (χ4v) is 1.92. The minimum Gasteiger partial charge on any atom is -0.481 e. The summed E-state index contributed by atoms with van der Waals surface area (Å²) in [5.41, 5.74) is 2.39. The van der Waals surface area contributed by atoms with E-state index in [9.17, 15) is 9.59 Å². The van der Waals surface area contributed by atoms with Gasteiger partial charge in [0.25, 0.3) is 0 Å². The third kappa shape index (κ3) is 13.1. The summed E-state index contributed by atoms with van der Waals surface area (Å²) in [5.74, 6) is -1.52.